The average molecular weight is 1360 g/mol. The molecule has 460 valence electrons. The molecule has 4 heterocycles. The molecule has 8 nitrogen and oxygen atoms in total. The summed E-state index contributed by atoms with van der Waals surface area (Å²) >= 11 is 12.5. The Kier molecular flexibility index (Phi) is 27.2. The fourth-order valence-corrected chi connectivity index (χ4v) is 19.0. The smallest absolute Gasteiger partial charge is 0.262 e. The number of fused-ring (bicyclic) bond motifs is 6. The monoisotopic (exact) mass is 1360 g/mol. The Morgan fingerprint density at radius 2 is 0.709 bits per heavy atom. The van der Waals surface area contributed by atoms with Crippen LogP contribution in [0.25, 0.3) is 67.2 Å². The van der Waals surface area contributed by atoms with Crippen LogP contribution in [-0.4, -0.2) is 9.13 Å². The van der Waals surface area contributed by atoms with E-state index >= 15 is 19.2 Å². The van der Waals surface area contributed by atoms with Crippen molar-refractivity contribution in [1.82, 2.24) is 9.13 Å². The Bertz CT molecular complexity index is 3570. The van der Waals surface area contributed by atoms with E-state index < -0.39 is 22.2 Å². The number of hydrogen-bond acceptors (Lipinski definition) is 9. The molecule has 0 aliphatic carbocycles. The molecule has 0 radical (unpaired) electrons. The van der Waals surface area contributed by atoms with Crippen molar-refractivity contribution >= 4 is 140 Å². The molecule has 0 aliphatic rings. The van der Waals surface area contributed by atoms with E-state index in [0.29, 0.717) is 81.2 Å². The SMILES string of the molecule is [C-]#[N+]C(c1ccc(Br)cc1)=c1sc2c(s1)c1c(=O)n(CC(CCCCCCCC)CCCCCCCCCC)c(=O)c3c4sc(=C(C#N)c5ccc(Br)cc5)sc4c4c(=O)n(CC(CCCCCCCC)CCCCCCCCCC)c(=O)c2c4c31. The lowest BCUT2D eigenvalue weighted by Crippen LogP contribution is -2.38. The number of nitriles is 1. The summed E-state index contributed by atoms with van der Waals surface area (Å²) in [6.45, 7) is 18.1. The molecule has 0 N–H and O–H groups in total. The number of unbranched alkanes of at least 4 members (excludes halogenated alkanes) is 24. The number of halogens is 2. The van der Waals surface area contributed by atoms with Gasteiger partial charge in [-0.05, 0) is 72.9 Å². The number of benzene rings is 4. The molecule has 0 amide bonds. The molecule has 0 bridgehead atoms. The lowest BCUT2D eigenvalue weighted by molar-refractivity contribution is 0.350. The first-order chi connectivity index (χ1) is 42.0. The lowest BCUT2D eigenvalue weighted by atomic mass is 9.92. The average Bonchev–Trinajstić information content (AvgIpc) is 1.24. The highest BCUT2D eigenvalue weighted by molar-refractivity contribution is 9.10. The molecule has 4 aromatic heterocycles. The molecule has 0 fully saturated rings. The van der Waals surface area contributed by atoms with Gasteiger partial charge in [-0.15, -0.1) is 45.3 Å². The normalized spacial score (nSPS) is 12.6. The Hall–Kier alpha value is -4.28. The Balaban J connectivity index is 1.40. The van der Waals surface area contributed by atoms with Crippen LogP contribution in [0.15, 0.2) is 76.7 Å². The molecular formula is C72H90Br2N4O4S4. The van der Waals surface area contributed by atoms with Crippen LogP contribution in [0.2, 0.25) is 0 Å². The summed E-state index contributed by atoms with van der Waals surface area (Å²) in [5.41, 5.74) is 0.625. The maximum atomic E-state index is 16.1. The van der Waals surface area contributed by atoms with E-state index in [9.17, 15) is 5.26 Å². The van der Waals surface area contributed by atoms with Gasteiger partial charge in [-0.3, -0.25) is 28.3 Å². The van der Waals surface area contributed by atoms with Gasteiger partial charge < -0.3 is 0 Å². The van der Waals surface area contributed by atoms with Crippen molar-refractivity contribution in [2.45, 2.75) is 246 Å². The van der Waals surface area contributed by atoms with E-state index in [2.05, 4.69) is 70.5 Å². The van der Waals surface area contributed by atoms with Crippen molar-refractivity contribution < 1.29 is 0 Å². The van der Waals surface area contributed by atoms with Gasteiger partial charge in [-0.1, -0.05) is 264 Å². The zero-order chi connectivity index (χ0) is 61.0. The Labute approximate surface area is 542 Å². The summed E-state index contributed by atoms with van der Waals surface area (Å²) in [5.74, 6) is 0.167. The van der Waals surface area contributed by atoms with E-state index in [1.165, 1.54) is 183 Å². The van der Waals surface area contributed by atoms with Gasteiger partial charge in [0.1, 0.15) is 6.07 Å². The first kappa shape index (κ1) is 67.6. The first-order valence-electron chi connectivity index (χ1n) is 32.9. The molecule has 0 spiro atoms. The maximum Gasteiger partial charge on any atom is 0.262 e. The van der Waals surface area contributed by atoms with Gasteiger partial charge in [-0.25, -0.2) is 4.85 Å². The molecule has 8 aromatic rings. The summed E-state index contributed by atoms with van der Waals surface area (Å²) in [5, 5.41) is 13.1. The predicted molar refractivity (Wildman–Crippen MR) is 380 cm³/mol. The standard InChI is InChI=1S/C72H90Br2N4O4S4/c1-6-10-14-18-22-24-28-32-36-49(34-30-26-20-16-12-8-3)47-77-67(79)58-56-57-59(64-63(58)83-71(84-64)55(46-75)51-38-42-53(73)43-39-51)68(80)78(48-50(35-31-27-21-17-13-9-4)37-33-29-25-23-19-15-11-7-2)70(82)61(57)66-65(60(56)69(77)81)85-72(86-66)62(76-5)52-40-44-54(74)45-41-52/h38-45,49-50H,6-37,47-48H2,1-4H3. The molecular weight excluding hydrogens is 1270 g/mol. The van der Waals surface area contributed by atoms with E-state index in [1.54, 1.807) is 0 Å². The van der Waals surface area contributed by atoms with Crippen LogP contribution < -0.4 is 29.9 Å². The molecule has 2 unspecified atom stereocenters. The minimum Gasteiger partial charge on any atom is -0.274 e. The zero-order valence-electron chi connectivity index (χ0n) is 51.6. The lowest BCUT2D eigenvalue weighted by Gasteiger charge is -2.21. The number of rotatable bonds is 38. The van der Waals surface area contributed by atoms with Crippen LogP contribution in [0, 0.1) is 29.7 Å². The summed E-state index contributed by atoms with van der Waals surface area (Å²) in [7, 11) is 0. The van der Waals surface area contributed by atoms with E-state index in [-0.39, 0.29) is 24.9 Å². The van der Waals surface area contributed by atoms with Crippen molar-refractivity contribution in [3.05, 3.63) is 129 Å². The van der Waals surface area contributed by atoms with Crippen LogP contribution in [0.3, 0.4) is 0 Å². The maximum absolute atomic E-state index is 16.1. The van der Waals surface area contributed by atoms with Crippen LogP contribution in [0.5, 0.6) is 0 Å². The fourth-order valence-electron chi connectivity index (χ4n) is 12.9. The second kappa shape index (κ2) is 34.6. The predicted octanol–water partition coefficient (Wildman–Crippen LogP) is 21.3. The van der Waals surface area contributed by atoms with Crippen LogP contribution >= 0.6 is 77.2 Å². The Morgan fingerprint density at radius 1 is 0.430 bits per heavy atom. The van der Waals surface area contributed by atoms with Crippen LogP contribution in [-0.2, 0) is 13.1 Å². The van der Waals surface area contributed by atoms with Crippen molar-refractivity contribution in [2.24, 2.45) is 11.8 Å². The summed E-state index contributed by atoms with van der Waals surface area (Å²) in [4.78, 5) is 68.5. The van der Waals surface area contributed by atoms with Crippen molar-refractivity contribution in [3.63, 3.8) is 0 Å². The van der Waals surface area contributed by atoms with Crippen LogP contribution in [0.4, 0.5) is 0 Å². The number of pyridine rings is 2. The quantitative estimate of drug-likeness (QED) is 0.0218. The largest absolute Gasteiger partial charge is 0.274 e. The molecule has 4 aromatic carbocycles. The highest BCUT2D eigenvalue weighted by Gasteiger charge is 2.31. The van der Waals surface area contributed by atoms with Crippen molar-refractivity contribution in [2.75, 3.05) is 0 Å². The second-order valence-corrected chi connectivity index (χ2v) is 30.8. The third-order valence-electron chi connectivity index (χ3n) is 17.8. The minimum atomic E-state index is -0.411. The Morgan fingerprint density at radius 3 is 1.00 bits per heavy atom. The minimum absolute atomic E-state index is 0.0835. The highest BCUT2D eigenvalue weighted by atomic mass is 79.9. The highest BCUT2D eigenvalue weighted by Crippen LogP contribution is 2.45. The summed E-state index contributed by atoms with van der Waals surface area (Å²) in [6, 6.07) is 17.8. The van der Waals surface area contributed by atoms with Gasteiger partial charge in [0, 0.05) is 32.8 Å². The van der Waals surface area contributed by atoms with Gasteiger partial charge in [0.2, 0.25) is 5.70 Å². The molecule has 14 heteroatoms. The molecule has 8 rings (SSSR count). The van der Waals surface area contributed by atoms with Crippen molar-refractivity contribution in [1.29, 1.82) is 5.26 Å². The fraction of sp³-hybridized carbons (Fsp3) is 0.556. The zero-order valence-corrected chi connectivity index (χ0v) is 58.1. The van der Waals surface area contributed by atoms with E-state index in [4.69, 9.17) is 6.57 Å². The molecule has 0 aliphatic heterocycles. The van der Waals surface area contributed by atoms with Gasteiger partial charge in [0.25, 0.3) is 22.2 Å². The molecule has 86 heavy (non-hydrogen) atoms. The number of hydrogen-bond donors (Lipinski definition) is 0. The third kappa shape index (κ3) is 16.8. The van der Waals surface area contributed by atoms with E-state index in [1.807, 2.05) is 48.5 Å². The molecule has 0 saturated carbocycles. The van der Waals surface area contributed by atoms with Crippen molar-refractivity contribution in [3.8, 4) is 6.07 Å². The molecule has 2 atom stereocenters. The third-order valence-corrected chi connectivity index (χ3v) is 24.1. The van der Waals surface area contributed by atoms with E-state index in [0.717, 1.165) is 86.0 Å². The number of aromatic nitrogens is 2. The topological polar surface area (TPSA) is 106 Å². The van der Waals surface area contributed by atoms with Gasteiger partial charge in [0.05, 0.1) is 60.2 Å². The summed E-state index contributed by atoms with van der Waals surface area (Å²) in [6.07, 6.45) is 36.5. The van der Waals surface area contributed by atoms with Gasteiger partial charge in [-0.2, -0.15) is 5.26 Å². The molecule has 0 saturated heterocycles. The second-order valence-electron chi connectivity index (χ2n) is 24.3. The first-order valence-corrected chi connectivity index (χ1v) is 37.8. The van der Waals surface area contributed by atoms with Crippen LogP contribution in [0.1, 0.15) is 244 Å². The number of nitrogens with zero attached hydrogens (tertiary/aromatic N) is 4. The summed E-state index contributed by atoms with van der Waals surface area (Å²) < 4.78 is 8.34. The van der Waals surface area contributed by atoms with Gasteiger partial charge in [0.15, 0.2) is 0 Å². The van der Waals surface area contributed by atoms with Gasteiger partial charge >= 0.3 is 0 Å².